The van der Waals surface area contributed by atoms with E-state index in [2.05, 4.69) is 15.9 Å². The molecule has 0 aliphatic heterocycles. The van der Waals surface area contributed by atoms with Crippen molar-refractivity contribution in [1.29, 1.82) is 0 Å². The van der Waals surface area contributed by atoms with Crippen LogP contribution in [-0.4, -0.2) is 5.78 Å². The first-order chi connectivity index (χ1) is 8.50. The van der Waals surface area contributed by atoms with Gasteiger partial charge in [0.2, 0.25) is 0 Å². The maximum Gasteiger partial charge on any atom is 0.194 e. The summed E-state index contributed by atoms with van der Waals surface area (Å²) in [5, 5.41) is 0.251. The standard InChI is InChI=1S/C14H9BrClFO/c1-8-10(3-2-4-12(8)15)14(18)11-7-9(17)5-6-13(11)16/h2-7H,1H3. The quantitative estimate of drug-likeness (QED) is 0.725. The minimum absolute atomic E-state index is 0.179. The van der Waals surface area contributed by atoms with E-state index in [0.29, 0.717) is 5.56 Å². The molecule has 0 amide bonds. The maximum atomic E-state index is 13.2. The molecule has 0 aromatic heterocycles. The number of carbonyl (C=O) groups excluding carboxylic acids is 1. The molecule has 0 N–H and O–H groups in total. The van der Waals surface area contributed by atoms with E-state index in [9.17, 15) is 9.18 Å². The van der Waals surface area contributed by atoms with E-state index in [4.69, 9.17) is 11.6 Å². The first-order valence-corrected chi connectivity index (χ1v) is 6.42. The van der Waals surface area contributed by atoms with Crippen LogP contribution in [0.5, 0.6) is 0 Å². The molecule has 0 aliphatic carbocycles. The average Bonchev–Trinajstić information content (AvgIpc) is 2.35. The fraction of sp³-hybridized carbons (Fsp3) is 0.0714. The second-order valence-corrected chi connectivity index (χ2v) is 5.13. The fourth-order valence-corrected chi connectivity index (χ4v) is 2.24. The van der Waals surface area contributed by atoms with Gasteiger partial charge in [0.25, 0.3) is 0 Å². The number of halogens is 3. The van der Waals surface area contributed by atoms with Crippen molar-refractivity contribution in [3.05, 3.63) is 68.4 Å². The highest BCUT2D eigenvalue weighted by atomic mass is 79.9. The van der Waals surface area contributed by atoms with Gasteiger partial charge in [0, 0.05) is 15.6 Å². The van der Waals surface area contributed by atoms with E-state index in [-0.39, 0.29) is 16.4 Å². The summed E-state index contributed by atoms with van der Waals surface area (Å²) >= 11 is 9.29. The van der Waals surface area contributed by atoms with Crippen molar-refractivity contribution >= 4 is 33.3 Å². The lowest BCUT2D eigenvalue weighted by atomic mass is 9.99. The minimum atomic E-state index is -0.476. The number of ketones is 1. The second-order valence-electron chi connectivity index (χ2n) is 3.87. The summed E-state index contributed by atoms with van der Waals surface area (Å²) in [4.78, 5) is 12.3. The Hall–Kier alpha value is -1.19. The SMILES string of the molecule is Cc1c(Br)cccc1C(=O)c1cc(F)ccc1Cl. The van der Waals surface area contributed by atoms with Gasteiger partial charge in [0.1, 0.15) is 5.82 Å². The molecule has 2 aromatic carbocycles. The third-order valence-corrected chi connectivity index (χ3v) is 3.87. The number of benzene rings is 2. The lowest BCUT2D eigenvalue weighted by molar-refractivity contribution is 0.103. The van der Waals surface area contributed by atoms with Gasteiger partial charge in [-0.05, 0) is 36.8 Å². The average molecular weight is 328 g/mol. The Balaban J connectivity index is 2.55. The van der Waals surface area contributed by atoms with Crippen LogP contribution >= 0.6 is 27.5 Å². The Kier molecular flexibility index (Phi) is 3.83. The molecule has 18 heavy (non-hydrogen) atoms. The Morgan fingerprint density at radius 2 is 1.94 bits per heavy atom. The molecule has 0 atom stereocenters. The molecule has 92 valence electrons. The zero-order chi connectivity index (χ0) is 13.3. The molecular formula is C14H9BrClFO. The molecule has 2 aromatic rings. The molecule has 0 radical (unpaired) electrons. The van der Waals surface area contributed by atoms with Crippen LogP contribution in [0.25, 0.3) is 0 Å². The van der Waals surface area contributed by atoms with E-state index in [1.165, 1.54) is 12.1 Å². The molecule has 0 saturated carbocycles. The summed E-state index contributed by atoms with van der Waals surface area (Å²) in [5.41, 5.74) is 1.50. The van der Waals surface area contributed by atoms with Crippen molar-refractivity contribution in [1.82, 2.24) is 0 Å². The van der Waals surface area contributed by atoms with Crippen LogP contribution in [0.1, 0.15) is 21.5 Å². The first-order valence-electron chi connectivity index (χ1n) is 5.25. The Labute approximate surface area is 118 Å². The summed E-state index contributed by atoms with van der Waals surface area (Å²) in [5.74, 6) is -0.756. The molecule has 4 heteroatoms. The van der Waals surface area contributed by atoms with Gasteiger partial charge in [0.15, 0.2) is 5.78 Å². The largest absolute Gasteiger partial charge is 0.289 e. The fourth-order valence-electron chi connectivity index (χ4n) is 1.67. The Morgan fingerprint density at radius 1 is 1.22 bits per heavy atom. The minimum Gasteiger partial charge on any atom is -0.289 e. The zero-order valence-corrected chi connectivity index (χ0v) is 11.8. The van der Waals surface area contributed by atoms with E-state index < -0.39 is 5.82 Å². The first kappa shape index (κ1) is 13.2. The molecule has 1 nitrogen and oxygen atoms in total. The van der Waals surface area contributed by atoms with Crippen LogP contribution in [0.2, 0.25) is 5.02 Å². The molecule has 0 fully saturated rings. The smallest absolute Gasteiger partial charge is 0.194 e. The molecule has 0 spiro atoms. The van der Waals surface area contributed by atoms with Crippen LogP contribution in [0.15, 0.2) is 40.9 Å². The van der Waals surface area contributed by atoms with Crippen molar-refractivity contribution in [2.45, 2.75) is 6.92 Å². The summed E-state index contributed by atoms with van der Waals surface area (Å²) in [7, 11) is 0. The highest BCUT2D eigenvalue weighted by Crippen LogP contribution is 2.25. The lowest BCUT2D eigenvalue weighted by Crippen LogP contribution is -2.05. The lowest BCUT2D eigenvalue weighted by Gasteiger charge is -2.08. The predicted molar refractivity (Wildman–Crippen MR) is 73.7 cm³/mol. The van der Waals surface area contributed by atoms with Crippen LogP contribution < -0.4 is 0 Å². The van der Waals surface area contributed by atoms with Crippen molar-refractivity contribution in [3.63, 3.8) is 0 Å². The molecule has 0 heterocycles. The number of hydrogen-bond acceptors (Lipinski definition) is 1. The van der Waals surface area contributed by atoms with Crippen LogP contribution in [-0.2, 0) is 0 Å². The van der Waals surface area contributed by atoms with Crippen molar-refractivity contribution in [2.75, 3.05) is 0 Å². The molecule has 0 unspecified atom stereocenters. The highest BCUT2D eigenvalue weighted by Gasteiger charge is 2.16. The topological polar surface area (TPSA) is 17.1 Å². The van der Waals surface area contributed by atoms with Crippen LogP contribution in [0, 0.1) is 12.7 Å². The highest BCUT2D eigenvalue weighted by molar-refractivity contribution is 9.10. The van der Waals surface area contributed by atoms with Gasteiger partial charge in [0.05, 0.1) is 5.02 Å². The van der Waals surface area contributed by atoms with Gasteiger partial charge in [-0.2, -0.15) is 0 Å². The molecular weight excluding hydrogens is 319 g/mol. The third-order valence-electron chi connectivity index (χ3n) is 2.69. The molecule has 0 bridgehead atoms. The van der Waals surface area contributed by atoms with Gasteiger partial charge in [-0.3, -0.25) is 4.79 Å². The van der Waals surface area contributed by atoms with E-state index in [1.54, 1.807) is 12.1 Å². The van der Waals surface area contributed by atoms with E-state index in [1.807, 2.05) is 13.0 Å². The van der Waals surface area contributed by atoms with Gasteiger partial charge in [-0.1, -0.05) is 39.7 Å². The van der Waals surface area contributed by atoms with Gasteiger partial charge < -0.3 is 0 Å². The summed E-state index contributed by atoms with van der Waals surface area (Å²) in [6.45, 7) is 1.82. The third kappa shape index (κ3) is 2.47. The van der Waals surface area contributed by atoms with E-state index >= 15 is 0 Å². The summed E-state index contributed by atoms with van der Waals surface area (Å²) < 4.78 is 14.0. The van der Waals surface area contributed by atoms with Crippen LogP contribution in [0.4, 0.5) is 4.39 Å². The summed E-state index contributed by atoms with van der Waals surface area (Å²) in [6.07, 6.45) is 0. The Bertz CT molecular complexity index is 621. The monoisotopic (exact) mass is 326 g/mol. The van der Waals surface area contributed by atoms with Crippen molar-refractivity contribution < 1.29 is 9.18 Å². The molecule has 0 aliphatic rings. The predicted octanol–water partition coefficient (Wildman–Crippen LogP) is 4.78. The van der Waals surface area contributed by atoms with E-state index in [0.717, 1.165) is 16.1 Å². The maximum absolute atomic E-state index is 13.2. The molecule has 0 saturated heterocycles. The van der Waals surface area contributed by atoms with Crippen molar-refractivity contribution in [3.8, 4) is 0 Å². The van der Waals surface area contributed by atoms with Gasteiger partial charge in [-0.15, -0.1) is 0 Å². The second kappa shape index (κ2) is 5.21. The number of hydrogen-bond donors (Lipinski definition) is 0. The van der Waals surface area contributed by atoms with Crippen molar-refractivity contribution in [2.24, 2.45) is 0 Å². The summed E-state index contributed by atoms with van der Waals surface area (Å²) in [6, 6.07) is 9.08. The number of rotatable bonds is 2. The number of carbonyl (C=O) groups is 1. The zero-order valence-electron chi connectivity index (χ0n) is 9.51. The van der Waals surface area contributed by atoms with Gasteiger partial charge >= 0.3 is 0 Å². The Morgan fingerprint density at radius 3 is 2.67 bits per heavy atom. The molecule has 2 rings (SSSR count). The normalized spacial score (nSPS) is 10.4. The van der Waals surface area contributed by atoms with Gasteiger partial charge in [-0.25, -0.2) is 4.39 Å². The van der Waals surface area contributed by atoms with Crippen LogP contribution in [0.3, 0.4) is 0 Å².